The van der Waals surface area contributed by atoms with Crippen LogP contribution in [0, 0.1) is 6.92 Å². The Hall–Kier alpha value is -3.21. The molecule has 5 nitrogen and oxygen atoms in total. The Labute approximate surface area is 131 Å². The molecule has 2 N–H and O–H groups in total. The van der Waals surface area contributed by atoms with Gasteiger partial charge < -0.3 is 10.2 Å². The van der Waals surface area contributed by atoms with E-state index in [1.165, 1.54) is 24.3 Å². The molecule has 0 saturated heterocycles. The van der Waals surface area contributed by atoms with E-state index in [1.54, 1.807) is 18.2 Å². The summed E-state index contributed by atoms with van der Waals surface area (Å²) < 4.78 is 0. The van der Waals surface area contributed by atoms with Crippen LogP contribution in [0.4, 0.5) is 0 Å². The summed E-state index contributed by atoms with van der Waals surface area (Å²) in [7, 11) is 0. The van der Waals surface area contributed by atoms with Gasteiger partial charge in [0.2, 0.25) is 5.43 Å². The van der Waals surface area contributed by atoms with E-state index in [4.69, 9.17) is 0 Å². The lowest BCUT2D eigenvalue weighted by Crippen LogP contribution is -2.01. The zero-order valence-electron chi connectivity index (χ0n) is 12.3. The lowest BCUT2D eigenvalue weighted by Gasteiger charge is -2.08. The zero-order chi connectivity index (χ0) is 16.6. The minimum atomic E-state index is -1.09. The van der Waals surface area contributed by atoms with E-state index in [2.05, 4.69) is 4.98 Å². The van der Waals surface area contributed by atoms with Crippen LogP contribution in [-0.4, -0.2) is 21.2 Å². The molecule has 0 bridgehead atoms. The smallest absolute Gasteiger partial charge is 0.336 e. The number of pyridine rings is 1. The lowest BCUT2D eigenvalue weighted by molar-refractivity contribution is 0.0699. The van der Waals surface area contributed by atoms with E-state index in [-0.39, 0.29) is 16.8 Å². The number of benzene rings is 1. The van der Waals surface area contributed by atoms with Crippen LogP contribution in [0.1, 0.15) is 15.9 Å². The molecule has 0 unspecified atom stereocenters. The molecule has 0 aliphatic carbocycles. The van der Waals surface area contributed by atoms with Crippen molar-refractivity contribution in [3.63, 3.8) is 0 Å². The van der Waals surface area contributed by atoms with Crippen LogP contribution < -0.4 is 5.43 Å². The standard InChI is InChI=1S/C18H13NO4/c1-10-6-7-11-13(18(22)23)9-15(19-14(11)8-10)12-4-2-3-5-16(20)17(12)21/h2-9H,1H3,(H,20,21)(H,22,23). The molecule has 0 aliphatic heterocycles. The second-order valence-electron chi connectivity index (χ2n) is 5.23. The Morgan fingerprint density at radius 1 is 1.09 bits per heavy atom. The van der Waals surface area contributed by atoms with Crippen LogP contribution in [0.15, 0.2) is 53.3 Å². The van der Waals surface area contributed by atoms with Crippen molar-refractivity contribution in [2.45, 2.75) is 6.92 Å². The fourth-order valence-electron chi connectivity index (χ4n) is 2.45. The first kappa shape index (κ1) is 14.7. The highest BCUT2D eigenvalue weighted by Gasteiger charge is 2.15. The Balaban J connectivity index is 2.40. The summed E-state index contributed by atoms with van der Waals surface area (Å²) in [6, 6.07) is 12.5. The van der Waals surface area contributed by atoms with Crippen LogP contribution in [0.3, 0.4) is 0 Å². The maximum atomic E-state index is 11.8. The number of rotatable bonds is 2. The first-order chi connectivity index (χ1) is 11.0. The highest BCUT2D eigenvalue weighted by atomic mass is 16.4. The minimum absolute atomic E-state index is 0.0726. The summed E-state index contributed by atoms with van der Waals surface area (Å²) in [6.45, 7) is 1.88. The molecule has 0 saturated carbocycles. The summed E-state index contributed by atoms with van der Waals surface area (Å²) in [5, 5.41) is 20.0. The monoisotopic (exact) mass is 307 g/mol. The molecule has 2 aromatic carbocycles. The molecule has 0 amide bonds. The van der Waals surface area contributed by atoms with Gasteiger partial charge in [-0.25, -0.2) is 9.78 Å². The summed E-state index contributed by atoms with van der Waals surface area (Å²) in [4.78, 5) is 27.7. The van der Waals surface area contributed by atoms with Gasteiger partial charge in [-0.2, -0.15) is 0 Å². The van der Waals surface area contributed by atoms with Crippen LogP contribution >= 0.6 is 0 Å². The van der Waals surface area contributed by atoms with Gasteiger partial charge in [-0.1, -0.05) is 24.3 Å². The second kappa shape index (κ2) is 5.53. The maximum Gasteiger partial charge on any atom is 0.336 e. The molecular weight excluding hydrogens is 294 g/mol. The predicted octanol–water partition coefficient (Wildman–Crippen LogP) is 2.97. The third-order valence-electron chi connectivity index (χ3n) is 3.58. The van der Waals surface area contributed by atoms with Gasteiger partial charge in [-0.05, 0) is 36.8 Å². The molecule has 0 atom stereocenters. The van der Waals surface area contributed by atoms with Gasteiger partial charge >= 0.3 is 5.97 Å². The lowest BCUT2D eigenvalue weighted by atomic mass is 10.0. The number of hydrogen-bond donors (Lipinski definition) is 2. The number of aromatic hydroxyl groups is 1. The topological polar surface area (TPSA) is 87.5 Å². The van der Waals surface area contributed by atoms with Crippen LogP contribution in [0.5, 0.6) is 5.75 Å². The molecule has 3 aromatic rings. The van der Waals surface area contributed by atoms with Gasteiger partial charge in [-0.15, -0.1) is 0 Å². The van der Waals surface area contributed by atoms with E-state index in [1.807, 2.05) is 13.0 Å². The maximum absolute atomic E-state index is 11.8. The van der Waals surface area contributed by atoms with E-state index in [0.717, 1.165) is 5.56 Å². The minimum Gasteiger partial charge on any atom is -0.504 e. The highest BCUT2D eigenvalue weighted by molar-refractivity contribution is 6.04. The Kier molecular flexibility index (Phi) is 3.54. The van der Waals surface area contributed by atoms with Crippen molar-refractivity contribution < 1.29 is 15.0 Å². The predicted molar refractivity (Wildman–Crippen MR) is 86.8 cm³/mol. The Morgan fingerprint density at radius 3 is 2.57 bits per heavy atom. The number of aromatic nitrogens is 1. The van der Waals surface area contributed by atoms with Gasteiger partial charge in [-0.3, -0.25) is 4.79 Å². The summed E-state index contributed by atoms with van der Waals surface area (Å²) in [5.74, 6) is -1.55. The fraction of sp³-hybridized carbons (Fsp3) is 0.0556. The summed E-state index contributed by atoms with van der Waals surface area (Å²) >= 11 is 0. The number of carboxylic acid groups (broad SMARTS) is 1. The first-order valence-corrected chi connectivity index (χ1v) is 6.95. The van der Waals surface area contributed by atoms with Crippen molar-refractivity contribution in [1.82, 2.24) is 4.98 Å². The number of fused-ring (bicyclic) bond motifs is 1. The van der Waals surface area contributed by atoms with Crippen molar-refractivity contribution in [3.8, 4) is 17.0 Å². The average Bonchev–Trinajstić information content (AvgIpc) is 2.68. The molecule has 0 radical (unpaired) electrons. The third-order valence-corrected chi connectivity index (χ3v) is 3.58. The van der Waals surface area contributed by atoms with E-state index < -0.39 is 17.1 Å². The van der Waals surface area contributed by atoms with Crippen LogP contribution in [0.25, 0.3) is 22.2 Å². The Morgan fingerprint density at radius 2 is 1.83 bits per heavy atom. The molecule has 114 valence electrons. The molecule has 23 heavy (non-hydrogen) atoms. The molecule has 3 rings (SSSR count). The van der Waals surface area contributed by atoms with Crippen molar-refractivity contribution in [2.75, 3.05) is 0 Å². The van der Waals surface area contributed by atoms with Crippen LogP contribution in [0.2, 0.25) is 0 Å². The summed E-state index contributed by atoms with van der Waals surface area (Å²) in [6.07, 6.45) is 0. The van der Waals surface area contributed by atoms with Gasteiger partial charge in [0.05, 0.1) is 16.8 Å². The Bertz CT molecular complexity index is 996. The number of aryl methyl sites for hydroxylation is 1. The van der Waals surface area contributed by atoms with Crippen LogP contribution in [-0.2, 0) is 0 Å². The molecule has 0 spiro atoms. The molecule has 1 aromatic heterocycles. The van der Waals surface area contributed by atoms with E-state index in [0.29, 0.717) is 10.9 Å². The average molecular weight is 307 g/mol. The fourth-order valence-corrected chi connectivity index (χ4v) is 2.45. The van der Waals surface area contributed by atoms with E-state index in [9.17, 15) is 19.8 Å². The highest BCUT2D eigenvalue weighted by Crippen LogP contribution is 2.28. The third kappa shape index (κ3) is 2.64. The van der Waals surface area contributed by atoms with Gasteiger partial charge in [0, 0.05) is 10.9 Å². The van der Waals surface area contributed by atoms with Crippen molar-refractivity contribution in [3.05, 3.63) is 69.9 Å². The molecule has 1 heterocycles. The number of hydrogen-bond acceptors (Lipinski definition) is 4. The number of nitrogens with zero attached hydrogens (tertiary/aromatic N) is 1. The van der Waals surface area contributed by atoms with Gasteiger partial charge in [0.25, 0.3) is 0 Å². The molecule has 0 fully saturated rings. The van der Waals surface area contributed by atoms with Gasteiger partial charge in [0.1, 0.15) is 0 Å². The van der Waals surface area contributed by atoms with Crippen molar-refractivity contribution in [1.29, 1.82) is 0 Å². The van der Waals surface area contributed by atoms with Crippen molar-refractivity contribution >= 4 is 16.9 Å². The summed E-state index contributed by atoms with van der Waals surface area (Å²) in [5.41, 5.74) is 1.40. The number of carbonyl (C=O) groups is 1. The van der Waals surface area contributed by atoms with E-state index >= 15 is 0 Å². The molecular formula is C18H13NO4. The SMILES string of the molecule is Cc1ccc2c(C(=O)O)cc(-c3ccccc(=O)c3O)nc2c1. The first-order valence-electron chi connectivity index (χ1n) is 6.95. The van der Waals surface area contributed by atoms with Gasteiger partial charge in [0.15, 0.2) is 5.75 Å². The number of aromatic carboxylic acids is 1. The molecule has 5 heteroatoms. The number of carboxylic acids is 1. The zero-order valence-corrected chi connectivity index (χ0v) is 12.3. The normalized spacial score (nSPS) is 10.7. The second-order valence-corrected chi connectivity index (χ2v) is 5.23. The largest absolute Gasteiger partial charge is 0.504 e. The van der Waals surface area contributed by atoms with Crippen molar-refractivity contribution in [2.24, 2.45) is 0 Å². The quantitative estimate of drug-likeness (QED) is 0.760. The molecule has 0 aliphatic rings.